The van der Waals surface area contributed by atoms with Gasteiger partial charge in [0.2, 0.25) is 0 Å². The molecule has 0 aliphatic rings. The average Bonchev–Trinajstić information content (AvgIpc) is 3.49. The van der Waals surface area contributed by atoms with Gasteiger partial charge in [0, 0.05) is 24.0 Å². The van der Waals surface area contributed by atoms with Crippen LogP contribution < -0.4 is 0 Å². The third-order valence-electron chi connectivity index (χ3n) is 5.71. The summed E-state index contributed by atoms with van der Waals surface area (Å²) in [6, 6.07) is 17.7. The van der Waals surface area contributed by atoms with Gasteiger partial charge in [0.1, 0.15) is 20.0 Å². The molecule has 0 atom stereocenters. The number of rotatable bonds is 8. The first-order chi connectivity index (χ1) is 15.7. The monoisotopic (exact) mass is 458 g/mol. The molecule has 32 heavy (non-hydrogen) atoms. The Morgan fingerprint density at radius 2 is 1.03 bits per heavy atom. The van der Waals surface area contributed by atoms with Crippen molar-refractivity contribution in [3.8, 4) is 21.1 Å². The van der Waals surface area contributed by atoms with Crippen LogP contribution in [0, 0.1) is 0 Å². The summed E-state index contributed by atoms with van der Waals surface area (Å²) in [4.78, 5) is 0. The fourth-order valence-corrected chi connectivity index (χ4v) is 5.62. The lowest BCUT2D eigenvalue weighted by atomic mass is 10.0. The Bertz CT molecular complexity index is 1260. The number of hydrogen-bond donors (Lipinski definition) is 0. The van der Waals surface area contributed by atoms with Gasteiger partial charge in [-0.15, -0.1) is 20.4 Å². The molecular weight excluding hydrogens is 432 g/mol. The molecule has 3 aromatic carbocycles. The van der Waals surface area contributed by atoms with Gasteiger partial charge in [-0.2, -0.15) is 0 Å². The van der Waals surface area contributed by atoms with E-state index in [2.05, 4.69) is 82.8 Å². The number of aromatic nitrogens is 4. The van der Waals surface area contributed by atoms with E-state index in [0.717, 1.165) is 56.8 Å². The second-order valence-electron chi connectivity index (χ2n) is 8.19. The molecule has 4 nitrogen and oxygen atoms in total. The number of hydrogen-bond acceptors (Lipinski definition) is 6. The fourth-order valence-electron chi connectivity index (χ4n) is 3.86. The zero-order valence-corrected chi connectivity index (χ0v) is 20.1. The molecule has 0 radical (unpaired) electrons. The van der Waals surface area contributed by atoms with E-state index >= 15 is 0 Å². The molecule has 0 N–H and O–H groups in total. The van der Waals surface area contributed by atoms with Crippen molar-refractivity contribution >= 4 is 44.2 Å². The van der Waals surface area contributed by atoms with Crippen LogP contribution in [0.3, 0.4) is 0 Å². The lowest BCUT2D eigenvalue weighted by Crippen LogP contribution is -1.83. The van der Waals surface area contributed by atoms with Crippen LogP contribution in [-0.4, -0.2) is 20.4 Å². The maximum atomic E-state index is 4.43. The third kappa shape index (κ3) is 4.43. The minimum Gasteiger partial charge on any atom is -0.143 e. The maximum Gasteiger partial charge on any atom is 0.147 e. The van der Waals surface area contributed by atoms with Crippen molar-refractivity contribution in [1.82, 2.24) is 20.4 Å². The molecular formula is C26H26N4S2. The molecule has 2 heterocycles. The molecule has 0 amide bonds. The van der Waals surface area contributed by atoms with E-state index in [0.29, 0.717) is 0 Å². The van der Waals surface area contributed by atoms with Gasteiger partial charge in [0.25, 0.3) is 0 Å². The first kappa shape index (κ1) is 21.2. The molecule has 0 spiro atoms. The van der Waals surface area contributed by atoms with Gasteiger partial charge >= 0.3 is 0 Å². The molecule has 0 saturated carbocycles. The Morgan fingerprint density at radius 3 is 1.47 bits per heavy atom. The summed E-state index contributed by atoms with van der Waals surface area (Å²) in [5.74, 6) is 0. The highest BCUT2D eigenvalue weighted by Gasteiger charge is 2.10. The third-order valence-corrected chi connectivity index (χ3v) is 7.78. The minimum atomic E-state index is 1.00. The van der Waals surface area contributed by atoms with Crippen molar-refractivity contribution in [2.24, 2.45) is 0 Å². The van der Waals surface area contributed by atoms with E-state index in [1.54, 1.807) is 22.7 Å². The smallest absolute Gasteiger partial charge is 0.143 e. The quantitative estimate of drug-likeness (QED) is 0.223. The highest BCUT2D eigenvalue weighted by molar-refractivity contribution is 7.15. The van der Waals surface area contributed by atoms with Gasteiger partial charge in [-0.05, 0) is 58.7 Å². The molecule has 0 bridgehead atoms. The molecule has 0 aliphatic heterocycles. The van der Waals surface area contributed by atoms with Gasteiger partial charge < -0.3 is 0 Å². The summed E-state index contributed by atoms with van der Waals surface area (Å²) in [6.07, 6.45) is 6.72. The second-order valence-corrected chi connectivity index (χ2v) is 10.3. The summed E-state index contributed by atoms with van der Waals surface area (Å²) >= 11 is 3.42. The fraction of sp³-hybridized carbons (Fsp3) is 0.308. The topological polar surface area (TPSA) is 51.6 Å². The average molecular weight is 459 g/mol. The normalized spacial score (nSPS) is 11.6. The van der Waals surface area contributed by atoms with Crippen molar-refractivity contribution in [2.45, 2.75) is 52.4 Å². The predicted molar refractivity (Wildman–Crippen MR) is 136 cm³/mol. The Kier molecular flexibility index (Phi) is 6.23. The zero-order chi connectivity index (χ0) is 21.9. The highest BCUT2D eigenvalue weighted by atomic mass is 32.1. The van der Waals surface area contributed by atoms with Gasteiger partial charge in [-0.3, -0.25) is 0 Å². The molecule has 0 aliphatic carbocycles. The summed E-state index contributed by atoms with van der Waals surface area (Å²) < 4.78 is 0. The molecule has 0 saturated heterocycles. The first-order valence-corrected chi connectivity index (χ1v) is 13.0. The SMILES string of the molecule is CCCCc1nnc(-c2ccc3cc4cc(-c5nnc(CCCC)s5)ccc4cc3c2)s1. The summed E-state index contributed by atoms with van der Waals surface area (Å²) in [7, 11) is 0. The van der Waals surface area contributed by atoms with Gasteiger partial charge in [-0.25, -0.2) is 0 Å². The van der Waals surface area contributed by atoms with Crippen LogP contribution in [0.5, 0.6) is 0 Å². The number of unbranched alkanes of at least 4 members (excludes halogenated alkanes) is 2. The van der Waals surface area contributed by atoms with Crippen LogP contribution in [0.1, 0.15) is 49.5 Å². The van der Waals surface area contributed by atoms with Crippen molar-refractivity contribution in [3.05, 3.63) is 58.5 Å². The van der Waals surface area contributed by atoms with E-state index in [4.69, 9.17) is 0 Å². The number of aryl methyl sites for hydroxylation is 2. The van der Waals surface area contributed by atoms with Crippen molar-refractivity contribution in [1.29, 1.82) is 0 Å². The number of benzene rings is 3. The van der Waals surface area contributed by atoms with Crippen molar-refractivity contribution in [2.75, 3.05) is 0 Å². The van der Waals surface area contributed by atoms with E-state index < -0.39 is 0 Å². The molecule has 6 heteroatoms. The molecule has 162 valence electrons. The molecule has 5 aromatic rings. The molecule has 0 fully saturated rings. The van der Waals surface area contributed by atoms with Crippen molar-refractivity contribution in [3.63, 3.8) is 0 Å². The number of fused-ring (bicyclic) bond motifs is 2. The molecule has 0 unspecified atom stereocenters. The van der Waals surface area contributed by atoms with E-state index in [1.165, 1.54) is 34.4 Å². The predicted octanol–water partition coefficient (Wildman–Crippen LogP) is 7.72. The Balaban J connectivity index is 1.45. The van der Waals surface area contributed by atoms with Crippen LogP contribution in [0.4, 0.5) is 0 Å². The lowest BCUT2D eigenvalue weighted by Gasteiger charge is -2.06. The first-order valence-electron chi connectivity index (χ1n) is 11.4. The zero-order valence-electron chi connectivity index (χ0n) is 18.5. The Morgan fingerprint density at radius 1 is 0.562 bits per heavy atom. The van der Waals surface area contributed by atoms with Crippen LogP contribution in [0.2, 0.25) is 0 Å². The summed E-state index contributed by atoms with van der Waals surface area (Å²) in [5.41, 5.74) is 2.28. The largest absolute Gasteiger partial charge is 0.147 e. The van der Waals surface area contributed by atoms with Crippen LogP contribution in [0.15, 0.2) is 48.5 Å². The molecule has 5 rings (SSSR count). The summed E-state index contributed by atoms with van der Waals surface area (Å²) in [6.45, 7) is 4.41. The van der Waals surface area contributed by atoms with E-state index in [-0.39, 0.29) is 0 Å². The van der Waals surface area contributed by atoms with E-state index in [1.807, 2.05) is 0 Å². The van der Waals surface area contributed by atoms with Crippen LogP contribution >= 0.6 is 22.7 Å². The summed E-state index contributed by atoms with van der Waals surface area (Å²) in [5, 5.41) is 26.8. The van der Waals surface area contributed by atoms with Gasteiger partial charge in [0.15, 0.2) is 0 Å². The Hall–Kier alpha value is -2.70. The minimum absolute atomic E-state index is 1.00. The second kappa shape index (κ2) is 9.43. The lowest BCUT2D eigenvalue weighted by molar-refractivity contribution is 0.780. The van der Waals surface area contributed by atoms with Crippen molar-refractivity contribution < 1.29 is 0 Å². The number of nitrogens with zero attached hydrogens (tertiary/aromatic N) is 4. The highest BCUT2D eigenvalue weighted by Crippen LogP contribution is 2.32. The standard InChI is InChI=1S/C26H26N4S2/c1-3-5-7-23-27-29-25(31-23)19-11-9-17-14-22-16-20(12-10-18(22)13-21(17)15-19)26-30-28-24(32-26)8-6-4-2/h9-16H,3-8H2,1-2H3. The van der Waals surface area contributed by atoms with Gasteiger partial charge in [0.05, 0.1) is 0 Å². The maximum absolute atomic E-state index is 4.43. The molecule has 2 aromatic heterocycles. The van der Waals surface area contributed by atoms with Crippen LogP contribution in [0.25, 0.3) is 42.7 Å². The van der Waals surface area contributed by atoms with Gasteiger partial charge in [-0.1, -0.05) is 73.6 Å². The Labute approximate surface area is 196 Å². The van der Waals surface area contributed by atoms with E-state index in [9.17, 15) is 0 Å². The van der Waals surface area contributed by atoms with Crippen LogP contribution in [-0.2, 0) is 12.8 Å².